The van der Waals surface area contributed by atoms with E-state index >= 15 is 0 Å². The Morgan fingerprint density at radius 3 is 2.64 bits per heavy atom. The van der Waals surface area contributed by atoms with Crippen molar-refractivity contribution in [1.82, 2.24) is 14.7 Å². The first-order chi connectivity index (χ1) is 13.3. The third-order valence-corrected chi connectivity index (χ3v) is 7.30. The Labute approximate surface area is 167 Å². The van der Waals surface area contributed by atoms with Crippen LogP contribution in [-0.4, -0.2) is 92.8 Å². The Morgan fingerprint density at radius 2 is 2.04 bits per heavy atom. The predicted molar refractivity (Wildman–Crippen MR) is 103 cm³/mol. The summed E-state index contributed by atoms with van der Waals surface area (Å²) in [7, 11) is 2.00. The molecule has 4 rings (SSSR count). The molecular formula is C19H25N3O5S. The molecule has 0 aromatic carbocycles. The van der Waals surface area contributed by atoms with Crippen LogP contribution in [0.1, 0.15) is 19.8 Å². The molecule has 3 fully saturated rings. The Balaban J connectivity index is 1.43. The van der Waals surface area contributed by atoms with Gasteiger partial charge in [-0.15, -0.1) is 11.8 Å². The van der Waals surface area contributed by atoms with Gasteiger partial charge in [-0.3, -0.25) is 14.5 Å². The smallest absolute Gasteiger partial charge is 0.353 e. The molecule has 5 atom stereocenters. The molecule has 0 radical (unpaired) electrons. The van der Waals surface area contributed by atoms with Crippen LogP contribution in [0.4, 0.5) is 0 Å². The highest BCUT2D eigenvalue weighted by molar-refractivity contribution is 8.03. The predicted octanol–water partition coefficient (Wildman–Crippen LogP) is 0.0984. The van der Waals surface area contributed by atoms with Gasteiger partial charge in [0.05, 0.1) is 18.1 Å². The number of rotatable bonds is 6. The molecular weight excluding hydrogens is 382 g/mol. The number of hydrogen-bond donors (Lipinski definition) is 2. The number of amides is 2. The van der Waals surface area contributed by atoms with Gasteiger partial charge in [-0.2, -0.15) is 0 Å². The van der Waals surface area contributed by atoms with Crippen LogP contribution in [0.25, 0.3) is 0 Å². The topological polar surface area (TPSA) is 101 Å². The summed E-state index contributed by atoms with van der Waals surface area (Å²) < 4.78 is 0. The standard InChI is InChI=1S/C19H25N3O5S/c1-10(23)16-13-8-14(17(19(26)27)22(13)18(16)25)28-12-7-11(20(2)9-12)3-4-15(24)21-5-6-21/h3-4,10-13,16,23H,5-9H2,1-2H3,(H,26,27)/t10-,11-,12+,13-,16-/m1/s1. The van der Waals surface area contributed by atoms with Gasteiger partial charge in [0.25, 0.3) is 0 Å². The van der Waals surface area contributed by atoms with Crippen LogP contribution in [0.5, 0.6) is 0 Å². The highest BCUT2D eigenvalue weighted by atomic mass is 32.2. The summed E-state index contributed by atoms with van der Waals surface area (Å²) in [6.45, 7) is 4.02. The van der Waals surface area contributed by atoms with Gasteiger partial charge in [-0.1, -0.05) is 6.08 Å². The van der Waals surface area contributed by atoms with Crippen molar-refractivity contribution in [2.75, 3.05) is 26.7 Å². The average Bonchev–Trinajstić information content (AvgIpc) is 3.33. The van der Waals surface area contributed by atoms with Crippen molar-refractivity contribution in [3.05, 3.63) is 22.8 Å². The lowest BCUT2D eigenvalue weighted by Crippen LogP contribution is -2.61. The summed E-state index contributed by atoms with van der Waals surface area (Å²) in [5, 5.41) is 19.7. The Morgan fingerprint density at radius 1 is 1.32 bits per heavy atom. The van der Waals surface area contributed by atoms with Crippen LogP contribution in [0.2, 0.25) is 0 Å². The first-order valence-electron chi connectivity index (χ1n) is 9.59. The lowest BCUT2D eigenvalue weighted by atomic mass is 9.83. The number of likely N-dealkylation sites (N-methyl/N-ethyl adjacent to an activating group) is 1. The fourth-order valence-corrected chi connectivity index (χ4v) is 5.97. The minimum atomic E-state index is -1.09. The number of thioether (sulfide) groups is 1. The van der Waals surface area contributed by atoms with Gasteiger partial charge in [0, 0.05) is 48.3 Å². The van der Waals surface area contributed by atoms with Crippen molar-refractivity contribution in [3.8, 4) is 0 Å². The van der Waals surface area contributed by atoms with E-state index in [1.54, 1.807) is 17.9 Å². The maximum Gasteiger partial charge on any atom is 0.353 e. The number of carboxylic acid groups (broad SMARTS) is 1. The summed E-state index contributed by atoms with van der Waals surface area (Å²) in [6, 6.07) is -0.110. The number of aliphatic carboxylic acids is 1. The zero-order valence-electron chi connectivity index (χ0n) is 15.9. The van der Waals surface area contributed by atoms with Gasteiger partial charge < -0.3 is 20.0 Å². The van der Waals surface area contributed by atoms with E-state index in [1.807, 2.05) is 13.1 Å². The molecule has 0 saturated carbocycles. The van der Waals surface area contributed by atoms with Crippen molar-refractivity contribution in [1.29, 1.82) is 0 Å². The fourth-order valence-electron chi connectivity index (χ4n) is 4.40. The fraction of sp³-hybridized carbons (Fsp3) is 0.632. The number of hydrogen-bond acceptors (Lipinski definition) is 6. The quantitative estimate of drug-likeness (QED) is 0.366. The Kier molecular flexibility index (Phi) is 5.01. The van der Waals surface area contributed by atoms with Crippen molar-refractivity contribution in [2.45, 2.75) is 43.2 Å². The van der Waals surface area contributed by atoms with E-state index in [0.29, 0.717) is 6.42 Å². The van der Waals surface area contributed by atoms with Crippen molar-refractivity contribution >= 4 is 29.5 Å². The number of β-lactam (4-membered cyclic amide) rings is 1. The number of aliphatic hydroxyl groups excluding tert-OH is 1. The molecule has 9 heteroatoms. The second kappa shape index (κ2) is 7.20. The molecule has 2 amide bonds. The summed E-state index contributed by atoms with van der Waals surface area (Å²) in [5.41, 5.74) is 0.0789. The van der Waals surface area contributed by atoms with Crippen LogP contribution in [0.15, 0.2) is 22.8 Å². The lowest BCUT2D eigenvalue weighted by molar-refractivity contribution is -0.161. The van der Waals surface area contributed by atoms with Gasteiger partial charge in [-0.25, -0.2) is 4.79 Å². The molecule has 0 aromatic heterocycles. The van der Waals surface area contributed by atoms with Crippen LogP contribution >= 0.6 is 11.8 Å². The molecule has 0 aromatic rings. The van der Waals surface area contributed by atoms with Gasteiger partial charge in [0.1, 0.15) is 5.70 Å². The van der Waals surface area contributed by atoms with E-state index in [2.05, 4.69) is 4.90 Å². The van der Waals surface area contributed by atoms with Crippen LogP contribution in [-0.2, 0) is 14.4 Å². The lowest BCUT2D eigenvalue weighted by Gasteiger charge is -2.44. The molecule has 0 aliphatic carbocycles. The molecule has 3 saturated heterocycles. The van der Waals surface area contributed by atoms with E-state index < -0.39 is 18.0 Å². The van der Waals surface area contributed by atoms with Crippen LogP contribution in [0, 0.1) is 5.92 Å². The minimum absolute atomic E-state index is 0.0446. The monoisotopic (exact) mass is 407 g/mol. The molecule has 0 unspecified atom stereocenters. The molecule has 2 N–H and O–H groups in total. The number of likely N-dealkylation sites (tertiary alicyclic amines) is 1. The maximum absolute atomic E-state index is 12.3. The van der Waals surface area contributed by atoms with Crippen molar-refractivity contribution in [2.24, 2.45) is 5.92 Å². The number of nitrogens with zero attached hydrogens (tertiary/aromatic N) is 3. The highest BCUT2D eigenvalue weighted by Gasteiger charge is 2.57. The number of carbonyl (C=O) groups excluding carboxylic acids is 2. The summed E-state index contributed by atoms with van der Waals surface area (Å²) in [4.78, 5) is 41.9. The molecule has 152 valence electrons. The number of fused-ring (bicyclic) bond motifs is 1. The zero-order valence-corrected chi connectivity index (χ0v) is 16.8. The normalized spacial score (nSPS) is 33.5. The Hall–Kier alpha value is -1.84. The van der Waals surface area contributed by atoms with Gasteiger partial charge in [-0.05, 0) is 20.4 Å². The molecule has 4 heterocycles. The summed E-state index contributed by atoms with van der Waals surface area (Å²) >= 11 is 1.53. The van der Waals surface area contributed by atoms with Crippen LogP contribution in [0.3, 0.4) is 0 Å². The van der Waals surface area contributed by atoms with Gasteiger partial charge in [0.15, 0.2) is 0 Å². The van der Waals surface area contributed by atoms with E-state index in [0.717, 1.165) is 31.0 Å². The zero-order chi connectivity index (χ0) is 20.2. The molecule has 4 aliphatic rings. The summed E-state index contributed by atoms with van der Waals surface area (Å²) in [5.74, 6) is -1.86. The molecule has 8 nitrogen and oxygen atoms in total. The third kappa shape index (κ3) is 3.35. The van der Waals surface area contributed by atoms with E-state index in [9.17, 15) is 24.6 Å². The maximum atomic E-state index is 12.3. The van der Waals surface area contributed by atoms with E-state index in [1.165, 1.54) is 16.7 Å². The van der Waals surface area contributed by atoms with E-state index in [4.69, 9.17) is 0 Å². The highest BCUT2D eigenvalue weighted by Crippen LogP contribution is 2.49. The third-order valence-electron chi connectivity index (χ3n) is 5.98. The first kappa shape index (κ1) is 19.5. The average molecular weight is 407 g/mol. The van der Waals surface area contributed by atoms with E-state index in [-0.39, 0.29) is 34.8 Å². The SMILES string of the molecule is C[C@@H](O)[C@H]1C(=O)N2C(C(=O)O)=C(S[C@H]3C[C@@H](C=CC(=O)N4CC4)N(C)C3)C[C@H]12. The molecule has 0 bridgehead atoms. The van der Waals surface area contributed by atoms with Crippen molar-refractivity contribution in [3.63, 3.8) is 0 Å². The molecule has 0 spiro atoms. The first-order valence-corrected chi connectivity index (χ1v) is 10.5. The van der Waals surface area contributed by atoms with Crippen molar-refractivity contribution < 1.29 is 24.6 Å². The second-order valence-corrected chi connectivity index (χ2v) is 9.39. The Bertz CT molecular complexity index is 776. The van der Waals surface area contributed by atoms with Gasteiger partial charge >= 0.3 is 5.97 Å². The number of carboxylic acids is 1. The second-order valence-electron chi connectivity index (χ2n) is 7.99. The molecule has 28 heavy (non-hydrogen) atoms. The van der Waals surface area contributed by atoms with Crippen LogP contribution < -0.4 is 0 Å². The van der Waals surface area contributed by atoms with Gasteiger partial charge in [0.2, 0.25) is 11.8 Å². The largest absolute Gasteiger partial charge is 0.477 e. The summed E-state index contributed by atoms with van der Waals surface area (Å²) in [6.07, 6.45) is 4.10. The minimum Gasteiger partial charge on any atom is -0.477 e. The number of carbonyl (C=O) groups is 3. The number of aliphatic hydroxyl groups is 1. The molecule has 4 aliphatic heterocycles.